The Morgan fingerprint density at radius 3 is 2.74 bits per heavy atom. The summed E-state index contributed by atoms with van der Waals surface area (Å²) >= 11 is 0. The molecule has 168 valence electrons. The number of unbranched alkanes of at least 4 members (excludes halogenated alkanes) is 1. The predicted molar refractivity (Wildman–Crippen MR) is 125 cm³/mol. The van der Waals surface area contributed by atoms with Crippen molar-refractivity contribution in [2.45, 2.75) is 70.8 Å². The van der Waals surface area contributed by atoms with Gasteiger partial charge in [0.2, 0.25) is 0 Å². The van der Waals surface area contributed by atoms with E-state index in [9.17, 15) is 4.79 Å². The molecule has 1 saturated carbocycles. The molecule has 4 rings (SSSR count). The minimum atomic E-state index is 0.0635. The maximum atomic E-state index is 13.0. The number of likely N-dealkylation sites (tertiary alicyclic amines) is 1. The van der Waals surface area contributed by atoms with Gasteiger partial charge in [-0.15, -0.1) is 0 Å². The summed E-state index contributed by atoms with van der Waals surface area (Å²) in [6.07, 6.45) is 17.1. The van der Waals surface area contributed by atoms with Gasteiger partial charge in [-0.2, -0.15) is 0 Å². The number of nitrogens with zero attached hydrogens (tertiary/aromatic N) is 3. The monoisotopic (exact) mass is 422 g/mol. The fourth-order valence-electron chi connectivity index (χ4n) is 5.44. The van der Waals surface area contributed by atoms with Gasteiger partial charge in [-0.3, -0.25) is 4.79 Å². The van der Waals surface area contributed by atoms with Gasteiger partial charge in [-0.1, -0.05) is 32.6 Å². The number of amides is 1. The molecule has 1 aliphatic heterocycles. The second-order valence-corrected chi connectivity index (χ2v) is 9.55. The Bertz CT molecular complexity index is 801. The molecule has 1 amide bonds. The van der Waals surface area contributed by atoms with Gasteiger partial charge < -0.3 is 14.8 Å². The van der Waals surface area contributed by atoms with E-state index in [1.165, 1.54) is 64.5 Å². The molecular weight excluding hydrogens is 384 g/mol. The van der Waals surface area contributed by atoms with Crippen molar-refractivity contribution in [3.05, 3.63) is 48.5 Å². The second-order valence-electron chi connectivity index (χ2n) is 9.55. The van der Waals surface area contributed by atoms with Crippen molar-refractivity contribution >= 4 is 5.91 Å². The summed E-state index contributed by atoms with van der Waals surface area (Å²) in [4.78, 5) is 19.8. The van der Waals surface area contributed by atoms with E-state index in [1.54, 1.807) is 12.5 Å². The first-order chi connectivity index (χ1) is 15.2. The number of carbonyl (C=O) groups excluding carboxylic acids is 1. The molecule has 0 spiro atoms. The van der Waals surface area contributed by atoms with Gasteiger partial charge in [0, 0.05) is 42.8 Å². The number of hydrogen-bond donors (Lipinski definition) is 1. The van der Waals surface area contributed by atoms with Crippen molar-refractivity contribution in [1.82, 2.24) is 19.8 Å². The third-order valence-electron chi connectivity index (χ3n) is 7.22. The van der Waals surface area contributed by atoms with Crippen LogP contribution in [0.4, 0.5) is 0 Å². The lowest BCUT2D eigenvalue weighted by Gasteiger charge is -2.39. The average Bonchev–Trinajstić information content (AvgIpc) is 3.34. The number of aromatic nitrogens is 2. The maximum Gasteiger partial charge on any atom is 0.251 e. The molecule has 2 heterocycles. The summed E-state index contributed by atoms with van der Waals surface area (Å²) in [6.45, 7) is 5.93. The topological polar surface area (TPSA) is 50.2 Å². The van der Waals surface area contributed by atoms with Gasteiger partial charge >= 0.3 is 0 Å². The summed E-state index contributed by atoms with van der Waals surface area (Å²) < 4.78 is 1.95. The van der Waals surface area contributed by atoms with Crippen molar-refractivity contribution in [3.8, 4) is 5.69 Å². The van der Waals surface area contributed by atoms with Gasteiger partial charge in [0.25, 0.3) is 5.91 Å². The SMILES string of the molecule is CCCCC1CCCN(CC2CCCCC2NC(=O)c2ccc(-n3ccnc3)cc2)C1. The van der Waals surface area contributed by atoms with Crippen LogP contribution in [0.3, 0.4) is 0 Å². The Kier molecular flexibility index (Phi) is 7.79. The molecule has 1 aromatic carbocycles. The third kappa shape index (κ3) is 5.97. The van der Waals surface area contributed by atoms with Gasteiger partial charge in [0.15, 0.2) is 0 Å². The minimum Gasteiger partial charge on any atom is -0.349 e. The number of hydrogen-bond acceptors (Lipinski definition) is 3. The normalized spacial score (nSPS) is 24.7. The summed E-state index contributed by atoms with van der Waals surface area (Å²) in [6, 6.07) is 8.11. The van der Waals surface area contributed by atoms with Gasteiger partial charge in [0.05, 0.1) is 6.33 Å². The Labute approximate surface area is 187 Å². The average molecular weight is 423 g/mol. The van der Waals surface area contributed by atoms with Crippen LogP contribution in [0.15, 0.2) is 43.0 Å². The van der Waals surface area contributed by atoms with Crippen LogP contribution in [-0.2, 0) is 0 Å². The van der Waals surface area contributed by atoms with Gasteiger partial charge in [-0.25, -0.2) is 4.98 Å². The lowest BCUT2D eigenvalue weighted by molar-refractivity contribution is 0.0853. The van der Waals surface area contributed by atoms with E-state index in [-0.39, 0.29) is 5.91 Å². The van der Waals surface area contributed by atoms with Crippen LogP contribution in [0.1, 0.15) is 75.1 Å². The molecule has 3 atom stereocenters. The maximum absolute atomic E-state index is 13.0. The molecule has 31 heavy (non-hydrogen) atoms. The molecule has 2 fully saturated rings. The fraction of sp³-hybridized carbons (Fsp3) is 0.615. The Balaban J connectivity index is 1.33. The minimum absolute atomic E-state index is 0.0635. The van der Waals surface area contributed by atoms with Crippen molar-refractivity contribution in [2.24, 2.45) is 11.8 Å². The highest BCUT2D eigenvalue weighted by Crippen LogP contribution is 2.28. The number of carbonyl (C=O) groups is 1. The third-order valence-corrected chi connectivity index (χ3v) is 7.22. The van der Waals surface area contributed by atoms with Crippen molar-refractivity contribution in [1.29, 1.82) is 0 Å². The van der Waals surface area contributed by atoms with E-state index >= 15 is 0 Å². The summed E-state index contributed by atoms with van der Waals surface area (Å²) in [5, 5.41) is 3.39. The van der Waals surface area contributed by atoms with E-state index in [1.807, 2.05) is 35.0 Å². The Hall–Kier alpha value is -2.14. The highest BCUT2D eigenvalue weighted by Gasteiger charge is 2.30. The zero-order chi connectivity index (χ0) is 21.5. The Morgan fingerprint density at radius 1 is 1.13 bits per heavy atom. The smallest absolute Gasteiger partial charge is 0.251 e. The van der Waals surface area contributed by atoms with E-state index in [4.69, 9.17) is 0 Å². The summed E-state index contributed by atoms with van der Waals surface area (Å²) in [5.41, 5.74) is 1.76. The van der Waals surface area contributed by atoms with E-state index in [0.29, 0.717) is 12.0 Å². The van der Waals surface area contributed by atoms with Crippen molar-refractivity contribution in [3.63, 3.8) is 0 Å². The second kappa shape index (κ2) is 10.9. The molecule has 1 N–H and O–H groups in total. The molecule has 0 radical (unpaired) electrons. The standard InChI is InChI=1S/C26H38N4O/c1-2-3-7-21-8-6-16-29(18-21)19-23-9-4-5-10-25(23)28-26(31)22-11-13-24(14-12-22)30-17-15-27-20-30/h11-15,17,20-21,23,25H,2-10,16,18-19H2,1H3,(H,28,31). The summed E-state index contributed by atoms with van der Waals surface area (Å²) in [5.74, 6) is 1.51. The van der Waals surface area contributed by atoms with Crippen LogP contribution in [-0.4, -0.2) is 46.0 Å². The molecule has 1 saturated heterocycles. The van der Waals surface area contributed by atoms with E-state index in [2.05, 4.69) is 22.1 Å². The molecule has 2 aromatic rings. The van der Waals surface area contributed by atoms with Gasteiger partial charge in [0.1, 0.15) is 0 Å². The molecule has 3 unspecified atom stereocenters. The van der Waals surface area contributed by atoms with Crippen LogP contribution >= 0.6 is 0 Å². The number of piperidine rings is 1. The quantitative estimate of drug-likeness (QED) is 0.647. The molecule has 2 aliphatic rings. The first kappa shape index (κ1) is 22.1. The summed E-state index contributed by atoms with van der Waals surface area (Å²) in [7, 11) is 0. The van der Waals surface area contributed by atoms with Crippen LogP contribution in [0, 0.1) is 11.8 Å². The highest BCUT2D eigenvalue weighted by atomic mass is 16.1. The number of imidazole rings is 1. The first-order valence-corrected chi connectivity index (χ1v) is 12.3. The van der Waals surface area contributed by atoms with Crippen LogP contribution < -0.4 is 5.32 Å². The van der Waals surface area contributed by atoms with Crippen molar-refractivity contribution < 1.29 is 4.79 Å². The van der Waals surface area contributed by atoms with Crippen LogP contribution in [0.5, 0.6) is 0 Å². The van der Waals surface area contributed by atoms with E-state index in [0.717, 1.165) is 30.1 Å². The zero-order valence-electron chi connectivity index (χ0n) is 19.0. The molecule has 5 heteroatoms. The largest absolute Gasteiger partial charge is 0.349 e. The van der Waals surface area contributed by atoms with E-state index < -0.39 is 0 Å². The van der Waals surface area contributed by atoms with Gasteiger partial charge in [-0.05, 0) is 74.8 Å². The Morgan fingerprint density at radius 2 is 1.97 bits per heavy atom. The molecule has 1 aliphatic carbocycles. The highest BCUT2D eigenvalue weighted by molar-refractivity contribution is 5.94. The first-order valence-electron chi connectivity index (χ1n) is 12.3. The predicted octanol–water partition coefficient (Wildman–Crippen LogP) is 5.06. The lowest BCUT2D eigenvalue weighted by Crippen LogP contribution is -2.48. The molecular formula is C26H38N4O. The molecule has 1 aromatic heterocycles. The number of nitrogens with one attached hydrogen (secondary N) is 1. The molecule has 0 bridgehead atoms. The van der Waals surface area contributed by atoms with Crippen molar-refractivity contribution in [2.75, 3.05) is 19.6 Å². The number of benzene rings is 1. The number of rotatable bonds is 8. The lowest BCUT2D eigenvalue weighted by atomic mass is 9.83. The molecule has 5 nitrogen and oxygen atoms in total. The van der Waals surface area contributed by atoms with Crippen LogP contribution in [0.2, 0.25) is 0 Å². The van der Waals surface area contributed by atoms with Crippen LogP contribution in [0.25, 0.3) is 5.69 Å². The fourth-order valence-corrected chi connectivity index (χ4v) is 5.44. The zero-order valence-corrected chi connectivity index (χ0v) is 19.0.